The molecule has 18 heavy (non-hydrogen) atoms. The molecule has 2 N–H and O–H groups in total. The summed E-state index contributed by atoms with van der Waals surface area (Å²) < 4.78 is 2.27. The molecule has 1 fully saturated rings. The fraction of sp³-hybridized carbons (Fsp3) is 0.533. The maximum atomic E-state index is 5.70. The van der Waals surface area contributed by atoms with Gasteiger partial charge < -0.3 is 10.3 Å². The molecule has 1 aromatic heterocycles. The topological polar surface area (TPSA) is 43.8 Å². The standard InChI is InChI=1S/C15H21N3/c1-10(9-16)7-11-3-6-13-14(8-11)18(2)15(17-13)12-4-5-12/h3,6,8,10,12H,4-5,7,9,16H2,1-2H3. The Kier molecular flexibility index (Phi) is 2.86. The number of aryl methyl sites for hydroxylation is 1. The normalized spacial score (nSPS) is 17.3. The van der Waals surface area contributed by atoms with Crippen LogP contribution >= 0.6 is 0 Å². The first-order valence-electron chi connectivity index (χ1n) is 6.84. The van der Waals surface area contributed by atoms with Crippen LogP contribution in [-0.2, 0) is 13.5 Å². The van der Waals surface area contributed by atoms with Crippen LogP contribution in [0.5, 0.6) is 0 Å². The quantitative estimate of drug-likeness (QED) is 0.897. The van der Waals surface area contributed by atoms with Crippen molar-refractivity contribution >= 4 is 11.0 Å². The van der Waals surface area contributed by atoms with Gasteiger partial charge in [0.15, 0.2) is 0 Å². The van der Waals surface area contributed by atoms with Gasteiger partial charge in [-0.25, -0.2) is 4.98 Å². The summed E-state index contributed by atoms with van der Waals surface area (Å²) in [6.45, 7) is 2.94. The molecule has 1 aromatic carbocycles. The van der Waals surface area contributed by atoms with Crippen molar-refractivity contribution in [3.63, 3.8) is 0 Å². The summed E-state index contributed by atoms with van der Waals surface area (Å²) in [6, 6.07) is 6.62. The highest BCUT2D eigenvalue weighted by molar-refractivity contribution is 5.77. The molecule has 0 saturated heterocycles. The number of aromatic nitrogens is 2. The van der Waals surface area contributed by atoms with Gasteiger partial charge in [-0.05, 0) is 49.4 Å². The van der Waals surface area contributed by atoms with E-state index in [-0.39, 0.29) is 0 Å². The van der Waals surface area contributed by atoms with E-state index < -0.39 is 0 Å². The zero-order valence-electron chi connectivity index (χ0n) is 11.2. The van der Waals surface area contributed by atoms with Gasteiger partial charge >= 0.3 is 0 Å². The van der Waals surface area contributed by atoms with Crippen molar-refractivity contribution in [1.82, 2.24) is 9.55 Å². The predicted octanol–water partition coefficient (Wildman–Crippen LogP) is 2.59. The lowest BCUT2D eigenvalue weighted by Gasteiger charge is -2.08. The first kappa shape index (κ1) is 11.7. The molecule has 3 heteroatoms. The lowest BCUT2D eigenvalue weighted by atomic mass is 10.0. The Morgan fingerprint density at radius 1 is 1.44 bits per heavy atom. The van der Waals surface area contributed by atoms with Crippen molar-refractivity contribution in [3.05, 3.63) is 29.6 Å². The number of nitrogens with zero attached hydrogens (tertiary/aromatic N) is 2. The Morgan fingerprint density at radius 2 is 2.22 bits per heavy atom. The molecule has 0 bridgehead atoms. The number of hydrogen-bond donors (Lipinski definition) is 1. The summed E-state index contributed by atoms with van der Waals surface area (Å²) in [4.78, 5) is 4.75. The fourth-order valence-corrected chi connectivity index (χ4v) is 2.57. The average molecular weight is 243 g/mol. The molecule has 3 rings (SSSR count). The zero-order chi connectivity index (χ0) is 12.7. The van der Waals surface area contributed by atoms with E-state index >= 15 is 0 Å². The smallest absolute Gasteiger partial charge is 0.112 e. The summed E-state index contributed by atoms with van der Waals surface area (Å²) in [6.07, 6.45) is 3.65. The minimum Gasteiger partial charge on any atom is -0.331 e. The molecule has 1 heterocycles. The van der Waals surface area contributed by atoms with Crippen LogP contribution in [0.1, 0.15) is 37.1 Å². The molecule has 0 spiro atoms. The van der Waals surface area contributed by atoms with Crippen LogP contribution in [0.4, 0.5) is 0 Å². The number of imidazole rings is 1. The minimum atomic E-state index is 0.540. The van der Waals surface area contributed by atoms with E-state index in [1.54, 1.807) is 0 Å². The van der Waals surface area contributed by atoms with Gasteiger partial charge in [0, 0.05) is 13.0 Å². The first-order chi connectivity index (χ1) is 8.69. The van der Waals surface area contributed by atoms with Crippen molar-refractivity contribution in [3.8, 4) is 0 Å². The molecule has 1 atom stereocenters. The van der Waals surface area contributed by atoms with Crippen LogP contribution in [0.25, 0.3) is 11.0 Å². The van der Waals surface area contributed by atoms with E-state index in [1.165, 1.54) is 29.7 Å². The third-order valence-corrected chi connectivity index (χ3v) is 3.91. The highest BCUT2D eigenvalue weighted by Crippen LogP contribution is 2.40. The second kappa shape index (κ2) is 4.39. The highest BCUT2D eigenvalue weighted by Gasteiger charge is 2.28. The van der Waals surface area contributed by atoms with Crippen molar-refractivity contribution in [2.45, 2.75) is 32.1 Å². The highest BCUT2D eigenvalue weighted by atomic mass is 15.1. The monoisotopic (exact) mass is 243 g/mol. The Morgan fingerprint density at radius 3 is 2.89 bits per heavy atom. The van der Waals surface area contributed by atoms with Crippen LogP contribution in [0, 0.1) is 5.92 Å². The number of hydrogen-bond acceptors (Lipinski definition) is 2. The zero-order valence-corrected chi connectivity index (χ0v) is 11.2. The summed E-state index contributed by atoms with van der Waals surface area (Å²) in [5.74, 6) is 2.50. The number of nitrogens with two attached hydrogens (primary N) is 1. The summed E-state index contributed by atoms with van der Waals surface area (Å²) in [7, 11) is 2.14. The van der Waals surface area contributed by atoms with E-state index in [4.69, 9.17) is 10.7 Å². The summed E-state index contributed by atoms with van der Waals surface area (Å²) in [5, 5.41) is 0. The molecular formula is C15H21N3. The van der Waals surface area contributed by atoms with Crippen LogP contribution in [0.15, 0.2) is 18.2 Å². The second-order valence-corrected chi connectivity index (χ2v) is 5.67. The van der Waals surface area contributed by atoms with E-state index in [2.05, 4.69) is 36.7 Å². The molecule has 0 aliphatic heterocycles. The Labute approximate surface area is 108 Å². The van der Waals surface area contributed by atoms with Gasteiger partial charge in [-0.1, -0.05) is 13.0 Å². The van der Waals surface area contributed by atoms with E-state index in [1.807, 2.05) is 0 Å². The third kappa shape index (κ3) is 2.03. The van der Waals surface area contributed by atoms with Crippen LogP contribution in [0.2, 0.25) is 0 Å². The van der Waals surface area contributed by atoms with Gasteiger partial charge in [0.05, 0.1) is 11.0 Å². The van der Waals surface area contributed by atoms with E-state index in [0.717, 1.165) is 18.5 Å². The van der Waals surface area contributed by atoms with Crippen LogP contribution in [0.3, 0.4) is 0 Å². The Hall–Kier alpha value is -1.35. The van der Waals surface area contributed by atoms with Gasteiger partial charge in [0.25, 0.3) is 0 Å². The van der Waals surface area contributed by atoms with Gasteiger partial charge in [0.2, 0.25) is 0 Å². The lowest BCUT2D eigenvalue weighted by Crippen LogP contribution is -2.13. The predicted molar refractivity (Wildman–Crippen MR) is 74.6 cm³/mol. The third-order valence-electron chi connectivity index (χ3n) is 3.91. The Bertz CT molecular complexity index is 566. The molecule has 3 nitrogen and oxygen atoms in total. The maximum Gasteiger partial charge on any atom is 0.112 e. The fourth-order valence-electron chi connectivity index (χ4n) is 2.57. The van der Waals surface area contributed by atoms with Gasteiger partial charge in [0.1, 0.15) is 5.82 Å². The lowest BCUT2D eigenvalue weighted by molar-refractivity contribution is 0.593. The van der Waals surface area contributed by atoms with E-state index in [0.29, 0.717) is 11.8 Å². The molecule has 0 amide bonds. The molecule has 1 saturated carbocycles. The van der Waals surface area contributed by atoms with E-state index in [9.17, 15) is 0 Å². The van der Waals surface area contributed by atoms with Crippen molar-refractivity contribution in [2.75, 3.05) is 6.54 Å². The Balaban J connectivity index is 1.97. The largest absolute Gasteiger partial charge is 0.331 e. The minimum absolute atomic E-state index is 0.540. The number of rotatable bonds is 4. The van der Waals surface area contributed by atoms with Crippen LogP contribution < -0.4 is 5.73 Å². The molecule has 0 radical (unpaired) electrons. The SMILES string of the molecule is CC(CN)Cc1ccc2nc(C3CC3)n(C)c2c1. The molecular weight excluding hydrogens is 222 g/mol. The second-order valence-electron chi connectivity index (χ2n) is 5.67. The van der Waals surface area contributed by atoms with Gasteiger partial charge in [-0.3, -0.25) is 0 Å². The van der Waals surface area contributed by atoms with Crippen molar-refractivity contribution in [2.24, 2.45) is 18.7 Å². The van der Waals surface area contributed by atoms with Gasteiger partial charge in [-0.2, -0.15) is 0 Å². The molecule has 1 aliphatic carbocycles. The first-order valence-corrected chi connectivity index (χ1v) is 6.84. The molecule has 1 unspecified atom stereocenters. The van der Waals surface area contributed by atoms with Crippen LogP contribution in [-0.4, -0.2) is 16.1 Å². The van der Waals surface area contributed by atoms with Crippen molar-refractivity contribution in [1.29, 1.82) is 0 Å². The number of benzene rings is 1. The molecule has 96 valence electrons. The summed E-state index contributed by atoms with van der Waals surface area (Å²) >= 11 is 0. The molecule has 1 aliphatic rings. The van der Waals surface area contributed by atoms with Crippen molar-refractivity contribution < 1.29 is 0 Å². The number of fused-ring (bicyclic) bond motifs is 1. The average Bonchev–Trinajstić information content (AvgIpc) is 3.16. The maximum absolute atomic E-state index is 5.70. The van der Waals surface area contributed by atoms with Gasteiger partial charge in [-0.15, -0.1) is 0 Å². The summed E-state index contributed by atoms with van der Waals surface area (Å²) in [5.41, 5.74) is 9.45. The molecule has 2 aromatic rings.